The normalized spacial score (nSPS) is 10.9. The van der Waals surface area contributed by atoms with Crippen LogP contribution in [0.1, 0.15) is 11.4 Å². The molecule has 2 rings (SSSR count). The van der Waals surface area contributed by atoms with Crippen LogP contribution in [0.15, 0.2) is 18.2 Å². The molecule has 0 aliphatic carbocycles. The van der Waals surface area contributed by atoms with Crippen molar-refractivity contribution in [1.29, 1.82) is 0 Å². The summed E-state index contributed by atoms with van der Waals surface area (Å²) in [6.45, 7) is 3.18. The molecule has 0 aliphatic heterocycles. The largest absolute Gasteiger partial charge is 0.383 e. The molecule has 0 fully saturated rings. The fraction of sp³-hybridized carbons (Fsp3) is 0.385. The summed E-state index contributed by atoms with van der Waals surface area (Å²) >= 11 is 0. The smallest absolute Gasteiger partial charge is 0.164 e. The van der Waals surface area contributed by atoms with Gasteiger partial charge in [-0.2, -0.15) is 0 Å². The summed E-state index contributed by atoms with van der Waals surface area (Å²) in [5.41, 5.74) is 7.04. The minimum Gasteiger partial charge on any atom is -0.383 e. The number of nitrogens with zero attached hydrogens (tertiary/aromatic N) is 3. The van der Waals surface area contributed by atoms with Crippen LogP contribution in [0.2, 0.25) is 0 Å². The SMILES string of the molecule is COCCn1c(CN)nnc1-c1ccc(F)c(C)c1. The van der Waals surface area contributed by atoms with Gasteiger partial charge in [0.2, 0.25) is 0 Å². The quantitative estimate of drug-likeness (QED) is 0.888. The first-order valence-corrected chi connectivity index (χ1v) is 6.05. The van der Waals surface area contributed by atoms with Crippen LogP contribution in [0, 0.1) is 12.7 Å². The third-order valence-electron chi connectivity index (χ3n) is 2.95. The van der Waals surface area contributed by atoms with Gasteiger partial charge in [-0.1, -0.05) is 0 Å². The average Bonchev–Trinajstić information content (AvgIpc) is 2.82. The summed E-state index contributed by atoms with van der Waals surface area (Å²) in [4.78, 5) is 0. The molecule has 2 aromatic rings. The Labute approximate surface area is 111 Å². The maximum atomic E-state index is 13.3. The van der Waals surface area contributed by atoms with Gasteiger partial charge in [-0.05, 0) is 30.7 Å². The zero-order valence-corrected chi connectivity index (χ0v) is 11.1. The summed E-state index contributed by atoms with van der Waals surface area (Å²) in [5, 5.41) is 8.19. The second-order valence-electron chi connectivity index (χ2n) is 4.25. The molecule has 0 spiro atoms. The van der Waals surface area contributed by atoms with Crippen LogP contribution in [-0.4, -0.2) is 28.5 Å². The number of halogens is 1. The van der Waals surface area contributed by atoms with Crippen LogP contribution >= 0.6 is 0 Å². The van der Waals surface area contributed by atoms with E-state index in [1.54, 1.807) is 26.2 Å². The first-order chi connectivity index (χ1) is 9.17. The lowest BCUT2D eigenvalue weighted by Crippen LogP contribution is -2.12. The van der Waals surface area contributed by atoms with Crippen molar-refractivity contribution in [3.8, 4) is 11.4 Å². The molecule has 0 atom stereocenters. The highest BCUT2D eigenvalue weighted by Gasteiger charge is 2.13. The zero-order valence-electron chi connectivity index (χ0n) is 11.1. The van der Waals surface area contributed by atoms with Gasteiger partial charge in [-0.15, -0.1) is 10.2 Å². The first kappa shape index (κ1) is 13.6. The predicted octanol–water partition coefficient (Wildman–Crippen LogP) is 1.50. The van der Waals surface area contributed by atoms with Gasteiger partial charge in [-0.25, -0.2) is 4.39 Å². The number of hydrogen-bond donors (Lipinski definition) is 1. The molecule has 102 valence electrons. The van der Waals surface area contributed by atoms with Crippen molar-refractivity contribution < 1.29 is 9.13 Å². The van der Waals surface area contributed by atoms with Crippen LogP contribution in [0.3, 0.4) is 0 Å². The van der Waals surface area contributed by atoms with E-state index in [-0.39, 0.29) is 5.82 Å². The van der Waals surface area contributed by atoms with Crippen molar-refractivity contribution in [2.75, 3.05) is 13.7 Å². The van der Waals surface area contributed by atoms with Gasteiger partial charge in [-0.3, -0.25) is 0 Å². The van der Waals surface area contributed by atoms with E-state index in [0.717, 1.165) is 5.56 Å². The highest BCUT2D eigenvalue weighted by Crippen LogP contribution is 2.21. The first-order valence-electron chi connectivity index (χ1n) is 6.05. The van der Waals surface area contributed by atoms with E-state index < -0.39 is 0 Å². The summed E-state index contributed by atoms with van der Waals surface area (Å²) < 4.78 is 20.3. The Kier molecular flexibility index (Phi) is 4.24. The van der Waals surface area contributed by atoms with E-state index >= 15 is 0 Å². The molecule has 0 radical (unpaired) electrons. The summed E-state index contributed by atoms with van der Waals surface area (Å²) in [6, 6.07) is 4.88. The molecule has 0 saturated carbocycles. The van der Waals surface area contributed by atoms with Crippen LogP contribution in [0.4, 0.5) is 4.39 Å². The molecule has 5 nitrogen and oxygen atoms in total. The van der Waals surface area contributed by atoms with E-state index in [9.17, 15) is 4.39 Å². The van der Waals surface area contributed by atoms with Crippen molar-refractivity contribution >= 4 is 0 Å². The lowest BCUT2D eigenvalue weighted by atomic mass is 10.1. The van der Waals surface area contributed by atoms with Gasteiger partial charge < -0.3 is 15.0 Å². The van der Waals surface area contributed by atoms with Crippen LogP contribution < -0.4 is 5.73 Å². The predicted molar refractivity (Wildman–Crippen MR) is 69.9 cm³/mol. The second kappa shape index (κ2) is 5.90. The standard InChI is InChI=1S/C13H17FN4O/c1-9-7-10(3-4-11(9)14)13-17-16-12(8-15)18(13)5-6-19-2/h3-4,7H,5-6,8,15H2,1-2H3. The summed E-state index contributed by atoms with van der Waals surface area (Å²) in [5.74, 6) is 1.14. The summed E-state index contributed by atoms with van der Waals surface area (Å²) in [7, 11) is 1.63. The number of ether oxygens (including phenoxy) is 1. The number of aromatic nitrogens is 3. The van der Waals surface area contributed by atoms with Crippen molar-refractivity contribution in [3.05, 3.63) is 35.4 Å². The number of methoxy groups -OCH3 is 1. The Morgan fingerprint density at radius 3 is 2.79 bits per heavy atom. The van der Waals surface area contributed by atoms with Crippen LogP contribution in [0.5, 0.6) is 0 Å². The molecule has 2 N–H and O–H groups in total. The third kappa shape index (κ3) is 2.80. The minimum absolute atomic E-state index is 0.231. The topological polar surface area (TPSA) is 66.0 Å². The van der Waals surface area contributed by atoms with Gasteiger partial charge in [0.05, 0.1) is 13.2 Å². The minimum atomic E-state index is -0.231. The van der Waals surface area contributed by atoms with Gasteiger partial charge in [0.25, 0.3) is 0 Å². The Balaban J connectivity index is 2.42. The summed E-state index contributed by atoms with van der Waals surface area (Å²) in [6.07, 6.45) is 0. The fourth-order valence-electron chi connectivity index (χ4n) is 1.90. The molecule has 1 aromatic carbocycles. The van der Waals surface area contributed by atoms with Crippen LogP contribution in [-0.2, 0) is 17.8 Å². The highest BCUT2D eigenvalue weighted by molar-refractivity contribution is 5.56. The Morgan fingerprint density at radius 2 is 2.16 bits per heavy atom. The molecule has 19 heavy (non-hydrogen) atoms. The monoisotopic (exact) mass is 264 g/mol. The highest BCUT2D eigenvalue weighted by atomic mass is 19.1. The van der Waals surface area contributed by atoms with E-state index in [0.29, 0.717) is 36.9 Å². The Morgan fingerprint density at radius 1 is 1.37 bits per heavy atom. The van der Waals surface area contributed by atoms with E-state index in [1.807, 2.05) is 4.57 Å². The Bertz CT molecular complexity index is 568. The molecule has 1 heterocycles. The van der Waals surface area contributed by atoms with Gasteiger partial charge in [0.15, 0.2) is 5.82 Å². The molecule has 0 amide bonds. The van der Waals surface area contributed by atoms with Gasteiger partial charge in [0.1, 0.15) is 11.6 Å². The van der Waals surface area contributed by atoms with Crippen LogP contribution in [0.25, 0.3) is 11.4 Å². The number of nitrogens with two attached hydrogens (primary N) is 1. The molecule has 1 aromatic heterocycles. The third-order valence-corrected chi connectivity index (χ3v) is 2.95. The molecule has 6 heteroatoms. The number of hydrogen-bond acceptors (Lipinski definition) is 4. The lowest BCUT2D eigenvalue weighted by Gasteiger charge is -2.09. The van der Waals surface area contributed by atoms with E-state index in [4.69, 9.17) is 10.5 Å². The number of aryl methyl sites for hydroxylation is 1. The molecule has 0 aliphatic rings. The maximum Gasteiger partial charge on any atom is 0.164 e. The number of benzene rings is 1. The van der Waals surface area contributed by atoms with Gasteiger partial charge >= 0.3 is 0 Å². The van der Waals surface area contributed by atoms with E-state index in [1.165, 1.54) is 6.07 Å². The average molecular weight is 264 g/mol. The van der Waals surface area contributed by atoms with Crippen molar-refractivity contribution in [3.63, 3.8) is 0 Å². The van der Waals surface area contributed by atoms with E-state index in [2.05, 4.69) is 10.2 Å². The molecule has 0 unspecified atom stereocenters. The second-order valence-corrected chi connectivity index (χ2v) is 4.25. The molecule has 0 bridgehead atoms. The number of rotatable bonds is 5. The maximum absolute atomic E-state index is 13.3. The lowest BCUT2D eigenvalue weighted by molar-refractivity contribution is 0.186. The van der Waals surface area contributed by atoms with Gasteiger partial charge in [0, 0.05) is 19.2 Å². The molecular weight excluding hydrogens is 247 g/mol. The molecular formula is C13H17FN4O. The van der Waals surface area contributed by atoms with Crippen molar-refractivity contribution in [2.45, 2.75) is 20.0 Å². The fourth-order valence-corrected chi connectivity index (χ4v) is 1.90. The zero-order chi connectivity index (χ0) is 13.8. The van der Waals surface area contributed by atoms with Crippen molar-refractivity contribution in [2.24, 2.45) is 5.73 Å². The molecule has 0 saturated heterocycles. The Hall–Kier alpha value is -1.79. The van der Waals surface area contributed by atoms with Crippen molar-refractivity contribution in [1.82, 2.24) is 14.8 Å².